The lowest BCUT2D eigenvalue weighted by Gasteiger charge is -2.28. The number of hydrogen-bond acceptors (Lipinski definition) is 6. The number of rotatable bonds is 10. The number of nitrogens with zero attached hydrogens (tertiary/aromatic N) is 1. The minimum absolute atomic E-state index is 0.531. The number of amides is 2. The number of halogens is 15. The topological polar surface area (TPSA) is 102 Å². The van der Waals surface area contributed by atoms with Gasteiger partial charge >= 0.3 is 60.0 Å². The number of esters is 1. The molecule has 0 aromatic rings. The Balaban J connectivity index is 5.77. The Labute approximate surface area is 205 Å². The molecule has 228 valence electrons. The Bertz CT molecular complexity index is 913. The van der Waals surface area contributed by atoms with Crippen LogP contribution in [-0.2, 0) is 28.8 Å². The van der Waals surface area contributed by atoms with E-state index in [9.17, 15) is 85.0 Å². The van der Waals surface area contributed by atoms with Gasteiger partial charge < -0.3 is 14.9 Å². The fourth-order valence-corrected chi connectivity index (χ4v) is 2.11. The van der Waals surface area contributed by atoms with Crippen molar-refractivity contribution in [3.63, 3.8) is 0 Å². The first-order valence-corrected chi connectivity index (χ1v) is 9.43. The Hall–Kier alpha value is -3.17. The van der Waals surface area contributed by atoms with Gasteiger partial charge in [-0.25, -0.2) is 9.59 Å². The summed E-state index contributed by atoms with van der Waals surface area (Å²) >= 11 is 0. The van der Waals surface area contributed by atoms with Crippen molar-refractivity contribution in [1.29, 1.82) is 0 Å². The van der Waals surface area contributed by atoms with Crippen molar-refractivity contribution >= 4 is 23.8 Å². The van der Waals surface area contributed by atoms with Gasteiger partial charge in [-0.05, 0) is 19.3 Å². The fraction of sp³-hybridized carbons (Fsp3) is 0.750. The lowest BCUT2D eigenvalue weighted by Crippen LogP contribution is -2.55. The first-order valence-electron chi connectivity index (χ1n) is 9.43. The summed E-state index contributed by atoms with van der Waals surface area (Å²) in [6.45, 7) is -1.84. The molecule has 1 atom stereocenters. The van der Waals surface area contributed by atoms with Crippen LogP contribution in [0.1, 0.15) is 19.3 Å². The van der Waals surface area contributed by atoms with Crippen LogP contribution in [0, 0.1) is 0 Å². The molecular weight excluding hydrogens is 601 g/mol. The first-order chi connectivity index (χ1) is 17.2. The van der Waals surface area contributed by atoms with Gasteiger partial charge in [0.2, 0.25) is 0 Å². The molecular formula is C16H13F15N2O6. The summed E-state index contributed by atoms with van der Waals surface area (Å²) < 4.78 is 194. The molecule has 0 saturated heterocycles. The standard InChI is InChI=1S/C16H13F15N2O6/c1-38-7(34)6(32-8(35)11(17,18)14(23,24)25)4-2-3-5-33(9(36)12(19,20)15(26,27)28)39-10(37)13(21,22)16(29,30)31/h6H,2-5H2,1H3,(H,32,35)/t6-/m0/s1. The zero-order valence-electron chi connectivity index (χ0n) is 18.5. The lowest BCUT2D eigenvalue weighted by atomic mass is 10.1. The lowest BCUT2D eigenvalue weighted by molar-refractivity contribution is -0.305. The van der Waals surface area contributed by atoms with Crippen LogP contribution < -0.4 is 5.32 Å². The third-order valence-corrected chi connectivity index (χ3v) is 4.19. The third-order valence-electron chi connectivity index (χ3n) is 4.19. The van der Waals surface area contributed by atoms with E-state index in [-0.39, 0.29) is 0 Å². The molecule has 0 saturated carbocycles. The van der Waals surface area contributed by atoms with Crippen molar-refractivity contribution in [2.24, 2.45) is 0 Å². The molecule has 0 heterocycles. The summed E-state index contributed by atoms with van der Waals surface area (Å²) in [5.74, 6) is -31.4. The monoisotopic (exact) mass is 614 g/mol. The normalized spacial score (nSPS) is 14.4. The Morgan fingerprint density at radius 3 is 1.51 bits per heavy atom. The second-order valence-electron chi connectivity index (χ2n) is 7.05. The highest BCUT2D eigenvalue weighted by atomic mass is 19.4. The van der Waals surface area contributed by atoms with Gasteiger partial charge in [-0.3, -0.25) is 9.59 Å². The number of methoxy groups -OCH3 is 1. The molecule has 0 bridgehead atoms. The van der Waals surface area contributed by atoms with Crippen LogP contribution in [0.4, 0.5) is 65.9 Å². The van der Waals surface area contributed by atoms with Gasteiger partial charge in [-0.2, -0.15) is 70.9 Å². The second-order valence-corrected chi connectivity index (χ2v) is 7.05. The molecule has 39 heavy (non-hydrogen) atoms. The molecule has 0 aliphatic carbocycles. The van der Waals surface area contributed by atoms with E-state index < -0.39 is 97.0 Å². The van der Waals surface area contributed by atoms with Crippen LogP contribution in [0.2, 0.25) is 0 Å². The van der Waals surface area contributed by atoms with Crippen LogP contribution in [0.5, 0.6) is 0 Å². The molecule has 0 aliphatic heterocycles. The van der Waals surface area contributed by atoms with E-state index >= 15 is 0 Å². The fourth-order valence-electron chi connectivity index (χ4n) is 2.11. The van der Waals surface area contributed by atoms with Crippen molar-refractivity contribution in [2.75, 3.05) is 13.7 Å². The van der Waals surface area contributed by atoms with Crippen molar-refractivity contribution in [3.8, 4) is 0 Å². The molecule has 0 rings (SSSR count). The molecule has 23 heteroatoms. The average molecular weight is 614 g/mol. The van der Waals surface area contributed by atoms with E-state index in [1.807, 2.05) is 0 Å². The number of carbonyl (C=O) groups is 4. The predicted molar refractivity (Wildman–Crippen MR) is 88.6 cm³/mol. The van der Waals surface area contributed by atoms with Crippen LogP contribution in [0.3, 0.4) is 0 Å². The number of carbonyl (C=O) groups excluding carboxylic acids is 4. The van der Waals surface area contributed by atoms with Crippen LogP contribution in [0.25, 0.3) is 0 Å². The summed E-state index contributed by atoms with van der Waals surface area (Å²) in [5.41, 5.74) is 0. The maximum absolute atomic E-state index is 13.3. The number of hydroxylamine groups is 2. The van der Waals surface area contributed by atoms with Gasteiger partial charge in [0.1, 0.15) is 6.04 Å². The van der Waals surface area contributed by atoms with Gasteiger partial charge in [0.05, 0.1) is 13.7 Å². The van der Waals surface area contributed by atoms with Gasteiger partial charge in [-0.15, -0.1) is 0 Å². The Morgan fingerprint density at radius 1 is 0.692 bits per heavy atom. The molecule has 0 aromatic heterocycles. The number of hydrogen-bond donors (Lipinski definition) is 1. The van der Waals surface area contributed by atoms with E-state index in [0.717, 1.165) is 5.32 Å². The molecule has 0 unspecified atom stereocenters. The Kier molecular flexibility index (Phi) is 11.0. The number of alkyl halides is 15. The van der Waals surface area contributed by atoms with Crippen LogP contribution in [-0.4, -0.2) is 84.8 Å². The highest BCUT2D eigenvalue weighted by molar-refractivity contribution is 5.89. The average Bonchev–Trinajstić information content (AvgIpc) is 2.76. The summed E-state index contributed by atoms with van der Waals surface area (Å²) in [4.78, 5) is 48.5. The number of ether oxygens (including phenoxy) is 1. The van der Waals surface area contributed by atoms with Crippen molar-refractivity contribution in [1.82, 2.24) is 10.4 Å². The van der Waals surface area contributed by atoms with Gasteiger partial charge in [0, 0.05) is 0 Å². The maximum Gasteiger partial charge on any atom is 0.465 e. The van der Waals surface area contributed by atoms with E-state index in [0.29, 0.717) is 7.11 Å². The van der Waals surface area contributed by atoms with Crippen LogP contribution >= 0.6 is 0 Å². The van der Waals surface area contributed by atoms with Crippen molar-refractivity contribution < 1.29 is 94.6 Å². The quantitative estimate of drug-likeness (QED) is 0.175. The van der Waals surface area contributed by atoms with Crippen molar-refractivity contribution in [3.05, 3.63) is 0 Å². The maximum atomic E-state index is 13.3. The SMILES string of the molecule is COC(=O)[C@H](CCCCN(OC(=O)C(F)(F)C(F)(F)F)C(=O)C(F)(F)C(F)(F)F)NC(=O)C(F)(F)C(F)(F)F. The molecule has 0 aromatic carbocycles. The Morgan fingerprint density at radius 2 is 1.13 bits per heavy atom. The largest absolute Gasteiger partial charge is 0.467 e. The highest BCUT2D eigenvalue weighted by Gasteiger charge is 2.68. The first kappa shape index (κ1) is 35.8. The zero-order chi connectivity index (χ0) is 31.4. The van der Waals surface area contributed by atoms with Crippen molar-refractivity contribution in [2.45, 2.75) is 61.6 Å². The molecule has 0 aliphatic rings. The molecule has 1 N–H and O–H groups in total. The van der Waals surface area contributed by atoms with E-state index in [1.54, 1.807) is 0 Å². The number of nitrogens with one attached hydrogen (secondary N) is 1. The van der Waals surface area contributed by atoms with E-state index in [2.05, 4.69) is 9.57 Å². The van der Waals surface area contributed by atoms with Crippen LogP contribution in [0.15, 0.2) is 0 Å². The molecule has 8 nitrogen and oxygen atoms in total. The van der Waals surface area contributed by atoms with E-state index in [4.69, 9.17) is 0 Å². The minimum Gasteiger partial charge on any atom is -0.467 e. The molecule has 0 fully saturated rings. The van der Waals surface area contributed by atoms with Gasteiger partial charge in [0.25, 0.3) is 0 Å². The summed E-state index contributed by atoms with van der Waals surface area (Å²) in [5, 5.41) is -0.633. The summed E-state index contributed by atoms with van der Waals surface area (Å²) in [6.07, 6.45) is -23.3. The van der Waals surface area contributed by atoms with E-state index in [1.165, 1.54) is 0 Å². The second kappa shape index (κ2) is 11.9. The predicted octanol–water partition coefficient (Wildman–Crippen LogP) is 3.69. The minimum atomic E-state index is -6.79. The molecule has 0 radical (unpaired) electrons. The van der Waals surface area contributed by atoms with Gasteiger partial charge in [0.15, 0.2) is 0 Å². The third kappa shape index (κ3) is 8.41. The highest BCUT2D eigenvalue weighted by Crippen LogP contribution is 2.39. The molecule has 2 amide bonds. The summed E-state index contributed by atoms with van der Waals surface area (Å²) in [7, 11) is 0.531. The zero-order valence-corrected chi connectivity index (χ0v) is 18.5. The summed E-state index contributed by atoms with van der Waals surface area (Å²) in [6, 6.07) is -2.39. The molecule has 0 spiro atoms. The van der Waals surface area contributed by atoms with Gasteiger partial charge in [-0.1, -0.05) is 0 Å². The number of unbranched alkanes of at least 4 members (excludes halogenated alkanes) is 1. The smallest absolute Gasteiger partial charge is 0.465 e.